The Kier molecular flexibility index (Phi) is 5.99. The largest absolute Gasteiger partial charge is 0.376 e. The molecule has 1 amide bonds. The molecular formula is C14H21ClN2O. The van der Waals surface area contributed by atoms with Gasteiger partial charge in [-0.2, -0.15) is 0 Å². The summed E-state index contributed by atoms with van der Waals surface area (Å²) in [5, 5.41) is 3.14. The van der Waals surface area contributed by atoms with Crippen LogP contribution in [-0.2, 0) is 4.79 Å². The van der Waals surface area contributed by atoms with Crippen LogP contribution in [0.15, 0.2) is 30.3 Å². The third kappa shape index (κ3) is 4.96. The van der Waals surface area contributed by atoms with Gasteiger partial charge in [-0.05, 0) is 24.5 Å². The molecule has 0 radical (unpaired) electrons. The number of halogens is 1. The van der Waals surface area contributed by atoms with Crippen molar-refractivity contribution < 1.29 is 4.79 Å². The SMILES string of the molecule is CN(CCC1CC1)C(=O)CNc1ccccc1.Cl. The Bertz CT molecular complexity index is 365. The van der Waals surface area contributed by atoms with Crippen molar-refractivity contribution >= 4 is 24.0 Å². The Balaban J connectivity index is 0.00000162. The molecule has 0 heterocycles. The second-order valence-corrected chi connectivity index (χ2v) is 4.77. The van der Waals surface area contributed by atoms with Gasteiger partial charge >= 0.3 is 0 Å². The molecule has 4 heteroatoms. The molecule has 0 bridgehead atoms. The Morgan fingerprint density at radius 3 is 2.61 bits per heavy atom. The first-order chi connectivity index (χ1) is 8.25. The number of carbonyl (C=O) groups excluding carboxylic acids is 1. The summed E-state index contributed by atoms with van der Waals surface area (Å²) in [5.41, 5.74) is 0.997. The zero-order valence-electron chi connectivity index (χ0n) is 10.8. The summed E-state index contributed by atoms with van der Waals surface area (Å²) in [6.07, 6.45) is 3.86. The monoisotopic (exact) mass is 268 g/mol. The summed E-state index contributed by atoms with van der Waals surface area (Å²) in [6.45, 7) is 1.27. The number of amides is 1. The number of anilines is 1. The van der Waals surface area contributed by atoms with Crippen molar-refractivity contribution in [2.45, 2.75) is 19.3 Å². The summed E-state index contributed by atoms with van der Waals surface area (Å²) in [4.78, 5) is 13.6. The number of likely N-dealkylation sites (N-methyl/N-ethyl adjacent to an activating group) is 1. The van der Waals surface area contributed by atoms with E-state index < -0.39 is 0 Å². The molecule has 1 saturated carbocycles. The van der Waals surface area contributed by atoms with Crippen LogP contribution in [0.25, 0.3) is 0 Å². The van der Waals surface area contributed by atoms with E-state index in [-0.39, 0.29) is 18.3 Å². The van der Waals surface area contributed by atoms with Crippen LogP contribution < -0.4 is 5.32 Å². The average Bonchev–Trinajstić information content (AvgIpc) is 3.18. The third-order valence-corrected chi connectivity index (χ3v) is 3.21. The number of benzene rings is 1. The van der Waals surface area contributed by atoms with Crippen LogP contribution >= 0.6 is 12.4 Å². The van der Waals surface area contributed by atoms with Gasteiger partial charge in [-0.1, -0.05) is 31.0 Å². The van der Waals surface area contributed by atoms with Gasteiger partial charge in [0.25, 0.3) is 0 Å². The molecule has 1 aliphatic rings. The van der Waals surface area contributed by atoms with Gasteiger partial charge in [0.1, 0.15) is 0 Å². The lowest BCUT2D eigenvalue weighted by Crippen LogP contribution is -2.33. The number of hydrogen-bond donors (Lipinski definition) is 1. The van der Waals surface area contributed by atoms with Crippen LogP contribution in [0.2, 0.25) is 0 Å². The summed E-state index contributed by atoms with van der Waals surface area (Å²) in [6, 6.07) is 9.83. The molecular weight excluding hydrogens is 248 g/mol. The number of hydrogen-bond acceptors (Lipinski definition) is 2. The molecule has 1 aromatic rings. The highest BCUT2D eigenvalue weighted by Gasteiger charge is 2.21. The minimum atomic E-state index is 0. The highest BCUT2D eigenvalue weighted by molar-refractivity contribution is 5.85. The van der Waals surface area contributed by atoms with E-state index in [1.54, 1.807) is 0 Å². The number of rotatable bonds is 6. The maximum atomic E-state index is 11.8. The van der Waals surface area contributed by atoms with Crippen molar-refractivity contribution in [2.75, 3.05) is 25.5 Å². The van der Waals surface area contributed by atoms with Crippen LogP contribution in [0, 0.1) is 5.92 Å². The maximum Gasteiger partial charge on any atom is 0.241 e. The molecule has 1 aliphatic carbocycles. The van der Waals surface area contributed by atoms with Crippen molar-refractivity contribution in [3.05, 3.63) is 30.3 Å². The molecule has 0 atom stereocenters. The lowest BCUT2D eigenvalue weighted by molar-refractivity contribution is -0.128. The zero-order chi connectivity index (χ0) is 12.1. The van der Waals surface area contributed by atoms with E-state index in [1.807, 2.05) is 42.3 Å². The smallest absolute Gasteiger partial charge is 0.241 e. The van der Waals surface area contributed by atoms with Crippen LogP contribution in [-0.4, -0.2) is 30.9 Å². The number of para-hydroxylation sites is 1. The van der Waals surface area contributed by atoms with Crippen LogP contribution in [0.5, 0.6) is 0 Å². The molecule has 2 rings (SSSR count). The van der Waals surface area contributed by atoms with E-state index in [0.29, 0.717) is 6.54 Å². The highest BCUT2D eigenvalue weighted by Crippen LogP contribution is 2.32. The molecule has 18 heavy (non-hydrogen) atoms. The molecule has 1 fully saturated rings. The topological polar surface area (TPSA) is 32.3 Å². The minimum Gasteiger partial charge on any atom is -0.376 e. The summed E-state index contributed by atoms with van der Waals surface area (Å²) in [7, 11) is 1.89. The Hall–Kier alpha value is -1.22. The first-order valence-electron chi connectivity index (χ1n) is 6.28. The molecule has 0 spiro atoms. The predicted molar refractivity (Wildman–Crippen MR) is 77.2 cm³/mol. The van der Waals surface area contributed by atoms with Gasteiger partial charge in [-0.3, -0.25) is 4.79 Å². The van der Waals surface area contributed by atoms with E-state index in [1.165, 1.54) is 12.8 Å². The highest BCUT2D eigenvalue weighted by atomic mass is 35.5. The first kappa shape index (κ1) is 14.8. The van der Waals surface area contributed by atoms with Gasteiger partial charge in [0.15, 0.2) is 0 Å². The molecule has 0 unspecified atom stereocenters. The van der Waals surface area contributed by atoms with Gasteiger partial charge in [0.05, 0.1) is 6.54 Å². The zero-order valence-corrected chi connectivity index (χ0v) is 11.6. The second-order valence-electron chi connectivity index (χ2n) is 4.77. The number of carbonyl (C=O) groups is 1. The molecule has 0 aliphatic heterocycles. The van der Waals surface area contributed by atoms with Crippen LogP contribution in [0.4, 0.5) is 5.69 Å². The molecule has 3 nitrogen and oxygen atoms in total. The maximum absolute atomic E-state index is 11.8. The van der Waals surface area contributed by atoms with E-state index in [4.69, 9.17) is 0 Å². The van der Waals surface area contributed by atoms with Gasteiger partial charge in [-0.25, -0.2) is 0 Å². The normalized spacial score (nSPS) is 13.6. The van der Waals surface area contributed by atoms with Crippen molar-refractivity contribution in [1.82, 2.24) is 4.90 Å². The van der Waals surface area contributed by atoms with Gasteiger partial charge in [-0.15, -0.1) is 12.4 Å². The molecule has 1 aromatic carbocycles. The van der Waals surface area contributed by atoms with Crippen LogP contribution in [0.3, 0.4) is 0 Å². The van der Waals surface area contributed by atoms with Crippen LogP contribution in [0.1, 0.15) is 19.3 Å². The third-order valence-electron chi connectivity index (χ3n) is 3.21. The quantitative estimate of drug-likeness (QED) is 0.860. The predicted octanol–water partition coefficient (Wildman–Crippen LogP) is 2.78. The lowest BCUT2D eigenvalue weighted by atomic mass is 10.3. The average molecular weight is 269 g/mol. The first-order valence-corrected chi connectivity index (χ1v) is 6.28. The number of nitrogens with zero attached hydrogens (tertiary/aromatic N) is 1. The number of nitrogens with one attached hydrogen (secondary N) is 1. The van der Waals surface area contributed by atoms with Gasteiger partial charge in [0.2, 0.25) is 5.91 Å². The standard InChI is InChI=1S/C14H20N2O.ClH/c1-16(10-9-12-7-8-12)14(17)11-15-13-5-3-2-4-6-13;/h2-6,12,15H,7-11H2,1H3;1H. The second kappa shape index (κ2) is 7.27. The van der Waals surface area contributed by atoms with E-state index in [0.717, 1.165) is 24.6 Å². The Morgan fingerprint density at radius 2 is 2.00 bits per heavy atom. The fourth-order valence-corrected chi connectivity index (χ4v) is 1.78. The van der Waals surface area contributed by atoms with Crippen molar-refractivity contribution in [3.63, 3.8) is 0 Å². The summed E-state index contributed by atoms with van der Waals surface area (Å²) in [5.74, 6) is 1.04. The Morgan fingerprint density at radius 1 is 1.33 bits per heavy atom. The van der Waals surface area contributed by atoms with E-state index in [2.05, 4.69) is 5.32 Å². The fourth-order valence-electron chi connectivity index (χ4n) is 1.78. The van der Waals surface area contributed by atoms with Crippen molar-refractivity contribution in [2.24, 2.45) is 5.92 Å². The lowest BCUT2D eigenvalue weighted by Gasteiger charge is -2.17. The Labute approximate surface area is 115 Å². The van der Waals surface area contributed by atoms with Gasteiger partial charge in [0, 0.05) is 19.3 Å². The minimum absolute atomic E-state index is 0. The molecule has 0 saturated heterocycles. The van der Waals surface area contributed by atoms with E-state index >= 15 is 0 Å². The molecule has 0 aromatic heterocycles. The van der Waals surface area contributed by atoms with Gasteiger partial charge < -0.3 is 10.2 Å². The van der Waals surface area contributed by atoms with Crippen molar-refractivity contribution in [3.8, 4) is 0 Å². The summed E-state index contributed by atoms with van der Waals surface area (Å²) < 4.78 is 0. The molecule has 1 N–H and O–H groups in total. The van der Waals surface area contributed by atoms with E-state index in [9.17, 15) is 4.79 Å². The summed E-state index contributed by atoms with van der Waals surface area (Å²) >= 11 is 0. The van der Waals surface area contributed by atoms with Crippen molar-refractivity contribution in [1.29, 1.82) is 0 Å². The molecule has 100 valence electrons. The fraction of sp³-hybridized carbons (Fsp3) is 0.500.